The number of esters is 1. The Balaban J connectivity index is 1.81. The van der Waals surface area contributed by atoms with E-state index in [0.717, 1.165) is 0 Å². The number of hydrogen-bond acceptors (Lipinski definition) is 7. The van der Waals surface area contributed by atoms with E-state index in [-0.39, 0.29) is 24.2 Å². The summed E-state index contributed by atoms with van der Waals surface area (Å²) in [5.41, 5.74) is 0.552. The van der Waals surface area contributed by atoms with E-state index in [0.29, 0.717) is 23.8 Å². The smallest absolute Gasteiger partial charge is 0.306 e. The van der Waals surface area contributed by atoms with Crippen LogP contribution in [0.25, 0.3) is 0 Å². The SMILES string of the molecule is Cc1noc(CCC(=O)OCc2n[nH]c(C)cc2=O)n1. The second-order valence-electron chi connectivity index (χ2n) is 4.26. The molecular weight excluding hydrogens is 264 g/mol. The number of aromatic nitrogens is 4. The molecule has 0 spiro atoms. The van der Waals surface area contributed by atoms with Crippen molar-refractivity contribution in [3.63, 3.8) is 0 Å². The summed E-state index contributed by atoms with van der Waals surface area (Å²) < 4.78 is 9.84. The Kier molecular flexibility index (Phi) is 4.24. The molecule has 20 heavy (non-hydrogen) atoms. The molecule has 2 aromatic heterocycles. The van der Waals surface area contributed by atoms with Gasteiger partial charge in [-0.05, 0) is 13.8 Å². The van der Waals surface area contributed by atoms with E-state index < -0.39 is 5.97 Å². The minimum atomic E-state index is -0.456. The van der Waals surface area contributed by atoms with Crippen LogP contribution in [-0.2, 0) is 22.6 Å². The van der Waals surface area contributed by atoms with Gasteiger partial charge in [-0.25, -0.2) is 0 Å². The summed E-state index contributed by atoms with van der Waals surface area (Å²) >= 11 is 0. The second kappa shape index (κ2) is 6.09. The quantitative estimate of drug-likeness (QED) is 0.790. The van der Waals surface area contributed by atoms with Gasteiger partial charge >= 0.3 is 5.97 Å². The van der Waals surface area contributed by atoms with E-state index in [1.54, 1.807) is 13.8 Å². The summed E-state index contributed by atoms with van der Waals surface area (Å²) in [6.07, 6.45) is 0.406. The molecular formula is C12H14N4O4. The normalized spacial score (nSPS) is 10.5. The van der Waals surface area contributed by atoms with Crippen LogP contribution in [-0.4, -0.2) is 26.3 Å². The first kappa shape index (κ1) is 13.9. The number of ether oxygens (including phenoxy) is 1. The van der Waals surface area contributed by atoms with Crippen molar-refractivity contribution >= 4 is 5.97 Å². The molecule has 106 valence electrons. The Morgan fingerprint density at radius 2 is 2.25 bits per heavy atom. The molecule has 0 bridgehead atoms. The zero-order chi connectivity index (χ0) is 14.5. The fraction of sp³-hybridized carbons (Fsp3) is 0.417. The maximum Gasteiger partial charge on any atom is 0.306 e. The number of aryl methyl sites for hydroxylation is 3. The van der Waals surface area contributed by atoms with Crippen LogP contribution in [0.1, 0.15) is 29.5 Å². The summed E-state index contributed by atoms with van der Waals surface area (Å²) in [6.45, 7) is 3.26. The molecule has 8 nitrogen and oxygen atoms in total. The predicted molar refractivity (Wildman–Crippen MR) is 66.7 cm³/mol. The van der Waals surface area contributed by atoms with Crippen molar-refractivity contribution in [3.05, 3.63) is 39.4 Å². The van der Waals surface area contributed by atoms with Gasteiger partial charge in [0.2, 0.25) is 11.3 Å². The lowest BCUT2D eigenvalue weighted by Crippen LogP contribution is -2.16. The number of rotatable bonds is 5. The molecule has 1 N–H and O–H groups in total. The maximum absolute atomic E-state index is 11.5. The van der Waals surface area contributed by atoms with Crippen LogP contribution in [0.15, 0.2) is 15.4 Å². The molecule has 0 aliphatic rings. The summed E-state index contributed by atoms with van der Waals surface area (Å²) in [4.78, 5) is 27.0. The highest BCUT2D eigenvalue weighted by Gasteiger charge is 2.10. The summed E-state index contributed by atoms with van der Waals surface area (Å²) in [7, 11) is 0. The number of hydrogen-bond donors (Lipinski definition) is 1. The number of carbonyl (C=O) groups excluding carboxylic acids is 1. The third-order valence-electron chi connectivity index (χ3n) is 2.48. The van der Waals surface area contributed by atoms with Crippen LogP contribution in [0.2, 0.25) is 0 Å². The summed E-state index contributed by atoms with van der Waals surface area (Å²) in [6, 6.07) is 1.40. The van der Waals surface area contributed by atoms with E-state index in [9.17, 15) is 9.59 Å². The Bertz CT molecular complexity index is 661. The first-order valence-electron chi connectivity index (χ1n) is 6.04. The standard InChI is InChI=1S/C12H14N4O4/c1-7-5-10(17)9(15-14-7)6-19-12(18)4-3-11-13-8(2)16-20-11/h5H,3-4,6H2,1-2H3,(H,14,17). The molecule has 0 radical (unpaired) electrons. The molecule has 0 aliphatic carbocycles. The van der Waals surface area contributed by atoms with E-state index in [1.165, 1.54) is 6.07 Å². The van der Waals surface area contributed by atoms with Crippen LogP contribution in [0, 0.1) is 13.8 Å². The zero-order valence-corrected chi connectivity index (χ0v) is 11.2. The lowest BCUT2D eigenvalue weighted by atomic mass is 10.3. The predicted octanol–water partition coefficient (Wildman–Crippen LogP) is 0.446. The Labute approximate surface area is 114 Å². The van der Waals surface area contributed by atoms with Gasteiger partial charge in [-0.3, -0.25) is 14.7 Å². The van der Waals surface area contributed by atoms with Crippen molar-refractivity contribution in [2.75, 3.05) is 0 Å². The van der Waals surface area contributed by atoms with Crippen molar-refractivity contribution < 1.29 is 14.1 Å². The number of nitrogens with zero attached hydrogens (tertiary/aromatic N) is 3. The van der Waals surface area contributed by atoms with Crippen LogP contribution >= 0.6 is 0 Å². The van der Waals surface area contributed by atoms with Gasteiger partial charge in [-0.1, -0.05) is 5.16 Å². The molecule has 0 amide bonds. The molecule has 2 aromatic rings. The second-order valence-corrected chi connectivity index (χ2v) is 4.26. The molecule has 0 unspecified atom stereocenters. The minimum absolute atomic E-state index is 0.103. The molecule has 0 saturated carbocycles. The number of aromatic amines is 1. The third kappa shape index (κ3) is 3.74. The number of H-pyrrole nitrogens is 1. The van der Waals surface area contributed by atoms with Crippen LogP contribution in [0.4, 0.5) is 0 Å². The highest BCUT2D eigenvalue weighted by atomic mass is 16.5. The van der Waals surface area contributed by atoms with E-state index in [4.69, 9.17) is 9.26 Å². The van der Waals surface area contributed by atoms with Gasteiger partial charge in [0.15, 0.2) is 5.82 Å². The highest BCUT2D eigenvalue weighted by Crippen LogP contribution is 2.02. The number of nitrogens with one attached hydrogen (secondary N) is 1. The molecule has 0 atom stereocenters. The van der Waals surface area contributed by atoms with Crippen LogP contribution in [0.3, 0.4) is 0 Å². The Hall–Kier alpha value is -2.51. The van der Waals surface area contributed by atoms with Gasteiger partial charge in [-0.2, -0.15) is 10.1 Å². The average Bonchev–Trinajstić information content (AvgIpc) is 2.81. The maximum atomic E-state index is 11.5. The molecule has 2 heterocycles. The molecule has 0 fully saturated rings. The van der Waals surface area contributed by atoms with Crippen molar-refractivity contribution in [1.29, 1.82) is 0 Å². The van der Waals surface area contributed by atoms with Gasteiger partial charge in [0.25, 0.3) is 0 Å². The van der Waals surface area contributed by atoms with Crippen molar-refractivity contribution in [1.82, 2.24) is 20.3 Å². The molecule has 0 aromatic carbocycles. The molecule has 0 aliphatic heterocycles. The fourth-order valence-electron chi connectivity index (χ4n) is 1.50. The fourth-order valence-corrected chi connectivity index (χ4v) is 1.50. The third-order valence-corrected chi connectivity index (χ3v) is 2.48. The van der Waals surface area contributed by atoms with E-state index >= 15 is 0 Å². The lowest BCUT2D eigenvalue weighted by molar-refractivity contribution is -0.145. The molecule has 8 heteroatoms. The highest BCUT2D eigenvalue weighted by molar-refractivity contribution is 5.69. The zero-order valence-electron chi connectivity index (χ0n) is 11.2. The van der Waals surface area contributed by atoms with E-state index in [2.05, 4.69) is 20.3 Å². The largest absolute Gasteiger partial charge is 0.459 e. The van der Waals surface area contributed by atoms with Gasteiger partial charge in [0.1, 0.15) is 12.3 Å². The van der Waals surface area contributed by atoms with Crippen LogP contribution in [0.5, 0.6) is 0 Å². The van der Waals surface area contributed by atoms with Gasteiger partial charge < -0.3 is 9.26 Å². The first-order chi connectivity index (χ1) is 9.54. The topological polar surface area (TPSA) is 111 Å². The van der Waals surface area contributed by atoms with Gasteiger partial charge in [0.05, 0.1) is 6.42 Å². The van der Waals surface area contributed by atoms with Gasteiger partial charge in [-0.15, -0.1) is 0 Å². The molecule has 2 rings (SSSR count). The first-order valence-corrected chi connectivity index (χ1v) is 6.04. The minimum Gasteiger partial charge on any atom is -0.459 e. The van der Waals surface area contributed by atoms with Gasteiger partial charge in [0, 0.05) is 18.2 Å². The summed E-state index contributed by atoms with van der Waals surface area (Å²) in [5.74, 6) is 0.442. The van der Waals surface area contributed by atoms with Crippen molar-refractivity contribution in [2.45, 2.75) is 33.3 Å². The Morgan fingerprint density at radius 3 is 2.90 bits per heavy atom. The van der Waals surface area contributed by atoms with Crippen LogP contribution < -0.4 is 5.43 Å². The monoisotopic (exact) mass is 278 g/mol. The lowest BCUT2D eigenvalue weighted by Gasteiger charge is -2.02. The molecule has 0 saturated heterocycles. The van der Waals surface area contributed by atoms with E-state index in [1.807, 2.05) is 0 Å². The average molecular weight is 278 g/mol. The number of carbonyl (C=O) groups is 1. The Morgan fingerprint density at radius 1 is 1.45 bits per heavy atom. The van der Waals surface area contributed by atoms with Crippen molar-refractivity contribution in [2.24, 2.45) is 0 Å². The summed E-state index contributed by atoms with van der Waals surface area (Å²) in [5, 5.41) is 10.1. The van der Waals surface area contributed by atoms with Crippen molar-refractivity contribution in [3.8, 4) is 0 Å².